The van der Waals surface area contributed by atoms with Crippen LogP contribution in [0.15, 0.2) is 66.7 Å². The molecular weight excluding hydrogens is 652 g/mol. The smallest absolute Gasteiger partial charge is 0.363 e. The molecule has 50 heavy (non-hydrogen) atoms. The second kappa shape index (κ2) is 13.9. The van der Waals surface area contributed by atoms with Gasteiger partial charge in [-0.1, -0.05) is 36.4 Å². The third kappa shape index (κ3) is 6.96. The summed E-state index contributed by atoms with van der Waals surface area (Å²) in [6, 6.07) is 12.7. The molecule has 3 aromatic rings. The third-order valence-electron chi connectivity index (χ3n) is 9.63. The van der Waals surface area contributed by atoms with Crippen molar-refractivity contribution >= 4 is 34.9 Å². The lowest BCUT2D eigenvalue weighted by Crippen LogP contribution is -2.52. The van der Waals surface area contributed by atoms with Gasteiger partial charge in [-0.25, -0.2) is 9.37 Å². The Morgan fingerprint density at radius 2 is 1.82 bits per heavy atom. The number of benzene rings is 2. The van der Waals surface area contributed by atoms with Crippen molar-refractivity contribution in [2.45, 2.75) is 51.0 Å². The van der Waals surface area contributed by atoms with Crippen molar-refractivity contribution in [3.63, 3.8) is 0 Å². The van der Waals surface area contributed by atoms with Crippen molar-refractivity contribution in [1.82, 2.24) is 14.8 Å². The molecule has 0 radical (unpaired) electrons. The molecule has 3 aliphatic rings. The summed E-state index contributed by atoms with van der Waals surface area (Å²) in [5.74, 6) is -2.56. The summed E-state index contributed by atoms with van der Waals surface area (Å²) in [5, 5.41) is 0. The van der Waals surface area contributed by atoms with E-state index in [9.17, 15) is 27.6 Å². The molecule has 9 nitrogen and oxygen atoms in total. The number of likely N-dealkylation sites (tertiary alicyclic amines) is 1. The molecule has 3 aliphatic heterocycles. The molecule has 2 aromatic carbocycles. The van der Waals surface area contributed by atoms with E-state index in [4.69, 9.17) is 0 Å². The van der Waals surface area contributed by atoms with E-state index >= 15 is 4.39 Å². The molecular formula is C37H40F4N6O3. The van der Waals surface area contributed by atoms with E-state index in [0.717, 1.165) is 41.0 Å². The predicted molar refractivity (Wildman–Crippen MR) is 182 cm³/mol. The summed E-state index contributed by atoms with van der Waals surface area (Å²) < 4.78 is 57.0. The number of amides is 3. The number of nitrogens with zero attached hydrogens (tertiary/aromatic N) is 6. The molecule has 0 saturated carbocycles. The Hall–Kier alpha value is -4.78. The fourth-order valence-corrected chi connectivity index (χ4v) is 7.31. The van der Waals surface area contributed by atoms with Gasteiger partial charge in [0.05, 0.1) is 23.0 Å². The van der Waals surface area contributed by atoms with Gasteiger partial charge in [-0.05, 0) is 69.3 Å². The van der Waals surface area contributed by atoms with E-state index in [-0.39, 0.29) is 54.3 Å². The average molecular weight is 693 g/mol. The van der Waals surface area contributed by atoms with Crippen LogP contribution in [-0.4, -0.2) is 79.3 Å². The maximum absolute atomic E-state index is 15.7. The van der Waals surface area contributed by atoms with E-state index in [1.807, 2.05) is 54.2 Å². The Labute approximate surface area is 288 Å². The summed E-state index contributed by atoms with van der Waals surface area (Å²) in [4.78, 5) is 52.8. The van der Waals surface area contributed by atoms with Gasteiger partial charge in [0.15, 0.2) is 0 Å². The van der Waals surface area contributed by atoms with E-state index in [2.05, 4.69) is 4.98 Å². The average Bonchev–Trinajstić information content (AvgIpc) is 3.67. The Kier molecular flexibility index (Phi) is 9.71. The number of carbonyl (C=O) groups is 3. The first-order valence-electron chi connectivity index (χ1n) is 16.6. The maximum atomic E-state index is 15.7. The number of likely N-dealkylation sites (N-methyl/N-ethyl adjacent to an activating group) is 2. The van der Waals surface area contributed by atoms with Crippen LogP contribution in [-0.2, 0) is 27.1 Å². The largest absolute Gasteiger partial charge is 0.416 e. The van der Waals surface area contributed by atoms with Gasteiger partial charge >= 0.3 is 6.18 Å². The highest BCUT2D eigenvalue weighted by molar-refractivity contribution is 6.10. The Balaban J connectivity index is 1.30. The van der Waals surface area contributed by atoms with Crippen molar-refractivity contribution in [3.8, 4) is 0 Å². The highest BCUT2D eigenvalue weighted by Crippen LogP contribution is 2.42. The van der Waals surface area contributed by atoms with Gasteiger partial charge in [0.2, 0.25) is 17.7 Å². The topological polar surface area (TPSA) is 80.3 Å². The molecule has 13 heteroatoms. The van der Waals surface area contributed by atoms with E-state index in [0.29, 0.717) is 13.1 Å². The summed E-state index contributed by atoms with van der Waals surface area (Å²) in [6.45, 7) is 3.06. The Morgan fingerprint density at radius 1 is 1.08 bits per heavy atom. The first-order chi connectivity index (χ1) is 23.7. The van der Waals surface area contributed by atoms with Gasteiger partial charge in [-0.15, -0.1) is 0 Å². The number of halogens is 4. The minimum absolute atomic E-state index is 0.0324. The second-order valence-electron chi connectivity index (χ2n) is 13.5. The molecule has 1 aromatic heterocycles. The zero-order valence-corrected chi connectivity index (χ0v) is 28.5. The van der Waals surface area contributed by atoms with Crippen molar-refractivity contribution in [2.24, 2.45) is 5.92 Å². The number of fused-ring (bicyclic) bond motifs is 2. The SMILES string of the molecule is Cc1cc(C(F)(F)F)cc(N2C(=O)C[C@@H]3CN(Cc4ccc([C@@H]5CCCN5C(=O)/C=C/CN(C)C)cc4)c4c(F)cccc4N(C)C(=O)[C@H]32)n1. The Bertz CT molecular complexity index is 1810. The van der Waals surface area contributed by atoms with Gasteiger partial charge in [0, 0.05) is 57.3 Å². The number of anilines is 3. The first-order valence-corrected chi connectivity index (χ1v) is 16.6. The quantitative estimate of drug-likeness (QED) is 0.233. The molecule has 0 spiro atoms. The summed E-state index contributed by atoms with van der Waals surface area (Å²) >= 11 is 0. The fraction of sp³-hybridized carbons (Fsp3) is 0.405. The molecule has 0 aliphatic carbocycles. The van der Waals surface area contributed by atoms with Gasteiger partial charge in [-0.3, -0.25) is 19.3 Å². The van der Waals surface area contributed by atoms with Crippen LogP contribution < -0.4 is 14.7 Å². The Morgan fingerprint density at radius 3 is 2.52 bits per heavy atom. The molecule has 4 heterocycles. The van der Waals surface area contributed by atoms with Crippen molar-refractivity contribution in [3.05, 3.63) is 95.0 Å². The van der Waals surface area contributed by atoms with E-state index in [1.54, 1.807) is 17.0 Å². The van der Waals surface area contributed by atoms with Crippen LogP contribution in [0.4, 0.5) is 34.8 Å². The van der Waals surface area contributed by atoms with Crippen LogP contribution in [0.25, 0.3) is 0 Å². The number of hydrogen-bond acceptors (Lipinski definition) is 6. The zero-order valence-electron chi connectivity index (χ0n) is 28.5. The number of pyridine rings is 1. The highest BCUT2D eigenvalue weighted by atomic mass is 19.4. The van der Waals surface area contributed by atoms with Gasteiger partial charge in [0.25, 0.3) is 0 Å². The first kappa shape index (κ1) is 35.1. The molecule has 2 fully saturated rings. The fourth-order valence-electron chi connectivity index (χ4n) is 7.31. The van der Waals surface area contributed by atoms with Crippen LogP contribution >= 0.6 is 0 Å². The second-order valence-corrected chi connectivity index (χ2v) is 13.5. The highest BCUT2D eigenvalue weighted by Gasteiger charge is 2.49. The van der Waals surface area contributed by atoms with Crippen molar-refractivity contribution in [2.75, 3.05) is 55.5 Å². The van der Waals surface area contributed by atoms with Gasteiger partial charge < -0.3 is 19.6 Å². The maximum Gasteiger partial charge on any atom is 0.416 e. The summed E-state index contributed by atoms with van der Waals surface area (Å²) in [7, 11) is 5.35. The number of para-hydroxylation sites is 1. The molecule has 3 atom stereocenters. The molecule has 264 valence electrons. The lowest BCUT2D eigenvalue weighted by molar-refractivity contribution is -0.137. The lowest BCUT2D eigenvalue weighted by Gasteiger charge is -2.39. The summed E-state index contributed by atoms with van der Waals surface area (Å²) in [5.41, 5.74) is 1.40. The molecule has 0 bridgehead atoms. The minimum atomic E-state index is -4.68. The van der Waals surface area contributed by atoms with Crippen LogP contribution in [0.1, 0.15) is 47.7 Å². The van der Waals surface area contributed by atoms with Crippen molar-refractivity contribution < 1.29 is 31.9 Å². The lowest BCUT2D eigenvalue weighted by atomic mass is 9.95. The normalized spacial score (nSPS) is 21.3. The monoisotopic (exact) mass is 692 g/mol. The van der Waals surface area contributed by atoms with E-state index in [1.165, 1.54) is 31.0 Å². The number of hydrogen-bond donors (Lipinski definition) is 0. The van der Waals surface area contributed by atoms with Gasteiger partial charge in [-0.2, -0.15) is 13.2 Å². The summed E-state index contributed by atoms with van der Waals surface area (Å²) in [6.07, 6.45) is 0.397. The molecule has 0 N–H and O–H groups in total. The standard InChI is InChI=1S/C37H40F4N6O3/c1-23-18-27(37(39,40)41)20-31(42-23)47-33(49)19-26-22-45(35-28(38)8-5-9-30(35)44(4)36(50)34(26)47)21-24-12-14-25(15-13-24)29-10-6-17-46(29)32(48)11-7-16-43(2)3/h5,7-9,11-15,18,20,26,29,34H,6,10,16-17,19,21-22H2,1-4H3/b11-7+/t26-,29+,34+/m1/s1. The van der Waals surface area contributed by atoms with Crippen LogP contribution in [0, 0.1) is 18.7 Å². The third-order valence-corrected chi connectivity index (χ3v) is 9.63. The molecule has 3 amide bonds. The molecule has 2 saturated heterocycles. The number of aryl methyl sites for hydroxylation is 1. The number of carbonyl (C=O) groups excluding carboxylic acids is 3. The van der Waals surface area contributed by atoms with E-state index < -0.39 is 41.3 Å². The van der Waals surface area contributed by atoms with Crippen LogP contribution in [0.5, 0.6) is 0 Å². The van der Waals surface area contributed by atoms with Gasteiger partial charge in [0.1, 0.15) is 17.7 Å². The van der Waals surface area contributed by atoms with Crippen LogP contribution in [0.2, 0.25) is 0 Å². The molecule has 6 rings (SSSR count). The number of aromatic nitrogens is 1. The predicted octanol–water partition coefficient (Wildman–Crippen LogP) is 5.73. The number of alkyl halides is 3. The molecule has 0 unspecified atom stereocenters. The number of rotatable bonds is 7. The minimum Gasteiger partial charge on any atom is -0.363 e. The van der Waals surface area contributed by atoms with Crippen molar-refractivity contribution in [1.29, 1.82) is 0 Å². The zero-order chi connectivity index (χ0) is 35.9. The van der Waals surface area contributed by atoms with Crippen LogP contribution in [0.3, 0.4) is 0 Å².